The van der Waals surface area contributed by atoms with E-state index < -0.39 is 0 Å². The molecule has 1 amide bonds. The summed E-state index contributed by atoms with van der Waals surface area (Å²) in [6.07, 6.45) is 10.9. The lowest BCUT2D eigenvalue weighted by atomic mass is 10.1. The number of benzene rings is 1. The number of hydrogen-bond acceptors (Lipinski definition) is 1. The molecular weight excluding hydrogens is 298 g/mol. The van der Waals surface area contributed by atoms with Gasteiger partial charge in [0.2, 0.25) is 5.91 Å². The molecule has 2 aromatic heterocycles. The Hall–Kier alpha value is -2.49. The summed E-state index contributed by atoms with van der Waals surface area (Å²) in [5.74, 6) is 0.163. The van der Waals surface area contributed by atoms with Crippen LogP contribution >= 0.6 is 0 Å². The third-order valence-electron chi connectivity index (χ3n) is 4.38. The number of aromatic amines is 1. The van der Waals surface area contributed by atoms with E-state index in [1.54, 1.807) is 0 Å². The van der Waals surface area contributed by atoms with Crippen LogP contribution in [0.1, 0.15) is 31.2 Å². The highest BCUT2D eigenvalue weighted by atomic mass is 16.1. The van der Waals surface area contributed by atoms with Gasteiger partial charge in [0.1, 0.15) is 0 Å². The normalized spacial score (nSPS) is 11.0. The van der Waals surface area contributed by atoms with E-state index in [9.17, 15) is 4.79 Å². The highest BCUT2D eigenvalue weighted by Crippen LogP contribution is 2.17. The number of carbonyl (C=O) groups excluding carboxylic acids is 1. The van der Waals surface area contributed by atoms with E-state index in [0.29, 0.717) is 13.0 Å². The smallest absolute Gasteiger partial charge is 0.220 e. The summed E-state index contributed by atoms with van der Waals surface area (Å²) in [7, 11) is 0. The van der Waals surface area contributed by atoms with Crippen molar-refractivity contribution >= 4 is 16.8 Å². The van der Waals surface area contributed by atoms with Crippen LogP contribution in [0.25, 0.3) is 10.9 Å². The zero-order valence-corrected chi connectivity index (χ0v) is 14.0. The minimum absolute atomic E-state index is 0.163. The lowest BCUT2D eigenvalue weighted by Gasteiger charge is -2.05. The van der Waals surface area contributed by atoms with Crippen molar-refractivity contribution in [3.8, 4) is 0 Å². The van der Waals surface area contributed by atoms with Gasteiger partial charge in [-0.15, -0.1) is 0 Å². The van der Waals surface area contributed by atoms with Gasteiger partial charge in [-0.1, -0.05) is 24.6 Å². The molecule has 0 aliphatic heterocycles. The fraction of sp³-hybridized carbons (Fsp3) is 0.350. The zero-order chi connectivity index (χ0) is 16.6. The maximum atomic E-state index is 11.9. The average Bonchev–Trinajstić information content (AvgIpc) is 3.25. The molecule has 0 atom stereocenters. The number of fused-ring (bicyclic) bond motifs is 1. The van der Waals surface area contributed by atoms with E-state index in [4.69, 9.17) is 0 Å². The van der Waals surface area contributed by atoms with Crippen molar-refractivity contribution in [2.75, 3.05) is 6.54 Å². The second-order valence-corrected chi connectivity index (χ2v) is 6.19. The molecule has 4 nitrogen and oxygen atoms in total. The van der Waals surface area contributed by atoms with Crippen LogP contribution < -0.4 is 5.32 Å². The van der Waals surface area contributed by atoms with Crippen LogP contribution in [0.4, 0.5) is 0 Å². The van der Waals surface area contributed by atoms with Crippen LogP contribution in [0.5, 0.6) is 0 Å². The van der Waals surface area contributed by atoms with Gasteiger partial charge in [0.25, 0.3) is 0 Å². The number of aryl methyl sites for hydroxylation is 1. The predicted octanol–water partition coefficient (Wildman–Crippen LogP) is 3.89. The number of H-pyrrole nitrogens is 1. The number of hydrogen-bond donors (Lipinski definition) is 2. The zero-order valence-electron chi connectivity index (χ0n) is 14.0. The average molecular weight is 323 g/mol. The molecule has 0 bridgehead atoms. The third kappa shape index (κ3) is 4.51. The fourth-order valence-electron chi connectivity index (χ4n) is 3.04. The van der Waals surface area contributed by atoms with E-state index >= 15 is 0 Å². The number of carbonyl (C=O) groups is 1. The molecule has 0 unspecified atom stereocenters. The summed E-state index contributed by atoms with van der Waals surface area (Å²) >= 11 is 0. The SMILES string of the molecule is O=C(CCCCCn1cccc1)NCCc1c[nH]c2ccccc12. The minimum Gasteiger partial charge on any atom is -0.361 e. The third-order valence-corrected chi connectivity index (χ3v) is 4.38. The Balaban J connectivity index is 1.30. The van der Waals surface area contributed by atoms with Crippen molar-refractivity contribution in [2.45, 2.75) is 38.6 Å². The number of para-hydroxylation sites is 1. The van der Waals surface area contributed by atoms with E-state index in [-0.39, 0.29) is 5.91 Å². The molecule has 4 heteroatoms. The maximum absolute atomic E-state index is 11.9. The molecule has 0 fully saturated rings. The molecule has 1 aromatic carbocycles. The molecule has 3 rings (SSSR count). The summed E-state index contributed by atoms with van der Waals surface area (Å²) in [5, 5.41) is 4.28. The van der Waals surface area contributed by atoms with Gasteiger partial charge in [-0.3, -0.25) is 4.79 Å². The number of rotatable bonds is 9. The topological polar surface area (TPSA) is 49.8 Å². The van der Waals surface area contributed by atoms with Crippen LogP contribution in [-0.2, 0) is 17.8 Å². The molecule has 0 aliphatic rings. The van der Waals surface area contributed by atoms with Crippen LogP contribution in [0.3, 0.4) is 0 Å². The first-order valence-corrected chi connectivity index (χ1v) is 8.75. The predicted molar refractivity (Wildman–Crippen MR) is 97.9 cm³/mol. The van der Waals surface area contributed by atoms with Gasteiger partial charge >= 0.3 is 0 Å². The summed E-state index contributed by atoms with van der Waals surface area (Å²) in [6, 6.07) is 12.4. The summed E-state index contributed by atoms with van der Waals surface area (Å²) in [6.45, 7) is 1.74. The first kappa shape index (κ1) is 16.4. The van der Waals surface area contributed by atoms with Gasteiger partial charge in [0.15, 0.2) is 0 Å². The molecule has 0 saturated heterocycles. The van der Waals surface area contributed by atoms with Crippen molar-refractivity contribution in [3.05, 3.63) is 60.6 Å². The first-order chi connectivity index (χ1) is 11.8. The second-order valence-electron chi connectivity index (χ2n) is 6.19. The van der Waals surface area contributed by atoms with Gasteiger partial charge in [0.05, 0.1) is 0 Å². The van der Waals surface area contributed by atoms with E-state index in [1.807, 2.05) is 30.5 Å². The molecule has 126 valence electrons. The van der Waals surface area contributed by atoms with Gasteiger partial charge in [-0.05, 0) is 43.0 Å². The monoisotopic (exact) mass is 323 g/mol. The quantitative estimate of drug-likeness (QED) is 0.577. The van der Waals surface area contributed by atoms with Gasteiger partial charge in [0, 0.05) is 49.0 Å². The Labute approximate surface area is 142 Å². The van der Waals surface area contributed by atoms with Crippen molar-refractivity contribution in [3.63, 3.8) is 0 Å². The lowest BCUT2D eigenvalue weighted by molar-refractivity contribution is -0.121. The van der Waals surface area contributed by atoms with Gasteiger partial charge in [-0.2, -0.15) is 0 Å². The van der Waals surface area contributed by atoms with Gasteiger partial charge in [-0.25, -0.2) is 0 Å². The van der Waals surface area contributed by atoms with Crippen LogP contribution in [0.2, 0.25) is 0 Å². The second kappa shape index (κ2) is 8.39. The number of nitrogens with one attached hydrogen (secondary N) is 2. The van der Waals surface area contributed by atoms with E-state index in [2.05, 4.69) is 39.4 Å². The molecule has 2 N–H and O–H groups in total. The summed E-state index contributed by atoms with van der Waals surface area (Å²) in [5.41, 5.74) is 2.42. The van der Waals surface area contributed by atoms with Crippen LogP contribution in [-0.4, -0.2) is 22.0 Å². The summed E-state index contributed by atoms with van der Waals surface area (Å²) < 4.78 is 2.18. The van der Waals surface area contributed by atoms with E-state index in [1.165, 1.54) is 10.9 Å². The summed E-state index contributed by atoms with van der Waals surface area (Å²) in [4.78, 5) is 15.2. The minimum atomic E-state index is 0.163. The Morgan fingerprint density at radius 3 is 2.75 bits per heavy atom. The number of nitrogens with zero attached hydrogens (tertiary/aromatic N) is 1. The molecular formula is C20H25N3O. The van der Waals surface area contributed by atoms with Crippen molar-refractivity contribution in [1.82, 2.24) is 14.9 Å². The molecule has 0 aliphatic carbocycles. The highest BCUT2D eigenvalue weighted by Gasteiger charge is 2.04. The molecule has 3 aromatic rings. The van der Waals surface area contributed by atoms with E-state index in [0.717, 1.165) is 37.7 Å². The molecule has 0 radical (unpaired) electrons. The van der Waals surface area contributed by atoms with Crippen molar-refractivity contribution in [1.29, 1.82) is 0 Å². The number of aromatic nitrogens is 2. The van der Waals surface area contributed by atoms with Crippen LogP contribution in [0.15, 0.2) is 55.0 Å². The molecule has 0 spiro atoms. The standard InChI is InChI=1S/C20H25N3O/c24-20(10-2-1-5-13-23-14-6-7-15-23)21-12-11-17-16-22-19-9-4-3-8-18(17)19/h3-4,6-9,14-16,22H,1-2,5,10-13H2,(H,21,24). The van der Waals surface area contributed by atoms with Gasteiger partial charge < -0.3 is 14.9 Å². The lowest BCUT2D eigenvalue weighted by Crippen LogP contribution is -2.25. The van der Waals surface area contributed by atoms with Crippen molar-refractivity contribution < 1.29 is 4.79 Å². The highest BCUT2D eigenvalue weighted by molar-refractivity contribution is 5.83. The fourth-order valence-corrected chi connectivity index (χ4v) is 3.04. The number of amides is 1. The molecule has 24 heavy (non-hydrogen) atoms. The Morgan fingerprint density at radius 1 is 1.04 bits per heavy atom. The Kier molecular flexibility index (Phi) is 5.72. The maximum Gasteiger partial charge on any atom is 0.220 e. The van der Waals surface area contributed by atoms with Crippen LogP contribution in [0, 0.1) is 0 Å². The number of unbranched alkanes of at least 4 members (excludes halogenated alkanes) is 2. The Bertz CT molecular complexity index is 758. The molecule has 2 heterocycles. The largest absolute Gasteiger partial charge is 0.361 e. The van der Waals surface area contributed by atoms with Crippen molar-refractivity contribution in [2.24, 2.45) is 0 Å². The Morgan fingerprint density at radius 2 is 1.88 bits per heavy atom. The molecule has 0 saturated carbocycles. The first-order valence-electron chi connectivity index (χ1n) is 8.75.